The van der Waals surface area contributed by atoms with E-state index in [-0.39, 0.29) is 6.42 Å². The molecule has 0 radical (unpaired) electrons. The van der Waals surface area contributed by atoms with Crippen LogP contribution in [0.25, 0.3) is 0 Å². The van der Waals surface area contributed by atoms with Crippen LogP contribution in [0.4, 0.5) is 5.69 Å². The molecule has 2 aromatic rings. The smallest absolute Gasteiger partial charge is 0.311 e. The maximum Gasteiger partial charge on any atom is 0.311 e. The van der Waals surface area contributed by atoms with Crippen LogP contribution in [0.1, 0.15) is 18.1 Å². The van der Waals surface area contributed by atoms with Crippen LogP contribution < -0.4 is 10.1 Å². The second-order valence-corrected chi connectivity index (χ2v) is 6.06. The minimum atomic E-state index is -0.918. The molecule has 1 amide bonds. The molecule has 0 aliphatic rings. The molecule has 25 heavy (non-hydrogen) atoms. The molecule has 0 unspecified atom stereocenters. The molecule has 0 saturated heterocycles. The van der Waals surface area contributed by atoms with Crippen molar-refractivity contribution >= 4 is 29.2 Å². The minimum absolute atomic E-state index is 0.0312. The highest BCUT2D eigenvalue weighted by molar-refractivity contribution is 6.30. The van der Waals surface area contributed by atoms with Gasteiger partial charge in [-0.1, -0.05) is 29.3 Å². The zero-order chi connectivity index (χ0) is 18.4. The maximum absolute atomic E-state index is 12.1. The van der Waals surface area contributed by atoms with Crippen molar-refractivity contribution in [3.05, 3.63) is 58.6 Å². The van der Waals surface area contributed by atoms with Gasteiger partial charge in [0.2, 0.25) is 0 Å². The second kappa shape index (κ2) is 8.53. The van der Waals surface area contributed by atoms with Crippen LogP contribution >= 0.6 is 11.6 Å². The number of carbonyl (C=O) groups excluding carboxylic acids is 2. The number of ether oxygens (including phenoxy) is 2. The van der Waals surface area contributed by atoms with E-state index < -0.39 is 18.0 Å². The van der Waals surface area contributed by atoms with E-state index in [9.17, 15) is 9.59 Å². The summed E-state index contributed by atoms with van der Waals surface area (Å²) in [5, 5.41) is 3.24. The Balaban J connectivity index is 1.94. The van der Waals surface area contributed by atoms with Crippen molar-refractivity contribution in [3.8, 4) is 5.75 Å². The van der Waals surface area contributed by atoms with Crippen LogP contribution in [-0.2, 0) is 20.7 Å². The zero-order valence-electron chi connectivity index (χ0n) is 14.3. The lowest BCUT2D eigenvalue weighted by molar-refractivity contribution is -0.152. The van der Waals surface area contributed by atoms with Crippen LogP contribution in [0, 0.1) is 6.92 Å². The summed E-state index contributed by atoms with van der Waals surface area (Å²) in [4.78, 5) is 24.2. The van der Waals surface area contributed by atoms with E-state index in [1.807, 2.05) is 19.1 Å². The highest BCUT2D eigenvalue weighted by Gasteiger charge is 2.19. The monoisotopic (exact) mass is 361 g/mol. The molecular formula is C19H20ClNO4. The molecule has 0 fully saturated rings. The summed E-state index contributed by atoms with van der Waals surface area (Å²) in [6.07, 6.45) is -0.886. The number of esters is 1. The third-order valence-corrected chi connectivity index (χ3v) is 3.81. The minimum Gasteiger partial charge on any atom is -0.496 e. The van der Waals surface area contributed by atoms with E-state index >= 15 is 0 Å². The van der Waals surface area contributed by atoms with Gasteiger partial charge in [0.25, 0.3) is 5.91 Å². The topological polar surface area (TPSA) is 64.6 Å². The third kappa shape index (κ3) is 5.50. The Morgan fingerprint density at radius 1 is 1.16 bits per heavy atom. The molecule has 0 aliphatic carbocycles. The van der Waals surface area contributed by atoms with Crippen LogP contribution in [0.15, 0.2) is 42.5 Å². The number of hydrogen-bond donors (Lipinski definition) is 1. The van der Waals surface area contributed by atoms with Crippen molar-refractivity contribution in [2.24, 2.45) is 0 Å². The van der Waals surface area contributed by atoms with E-state index in [0.29, 0.717) is 16.5 Å². The van der Waals surface area contributed by atoms with Crippen LogP contribution in [-0.4, -0.2) is 25.1 Å². The van der Waals surface area contributed by atoms with Gasteiger partial charge in [-0.3, -0.25) is 9.59 Å². The molecule has 0 aromatic heterocycles. The molecule has 2 aromatic carbocycles. The van der Waals surface area contributed by atoms with Gasteiger partial charge >= 0.3 is 5.97 Å². The lowest BCUT2D eigenvalue weighted by Crippen LogP contribution is -2.30. The van der Waals surface area contributed by atoms with Crippen molar-refractivity contribution in [1.82, 2.24) is 0 Å². The van der Waals surface area contributed by atoms with Gasteiger partial charge in [0, 0.05) is 16.3 Å². The summed E-state index contributed by atoms with van der Waals surface area (Å²) in [6, 6.07) is 12.2. The first kappa shape index (κ1) is 18.8. The molecule has 1 N–H and O–H groups in total. The molecule has 6 heteroatoms. The van der Waals surface area contributed by atoms with E-state index in [0.717, 1.165) is 11.1 Å². The Labute approximate surface area is 151 Å². The molecule has 2 rings (SSSR count). The van der Waals surface area contributed by atoms with E-state index in [1.165, 1.54) is 6.92 Å². The lowest BCUT2D eigenvalue weighted by atomic mass is 10.1. The fraction of sp³-hybridized carbons (Fsp3) is 0.263. The average molecular weight is 362 g/mol. The summed E-state index contributed by atoms with van der Waals surface area (Å²) in [7, 11) is 1.54. The number of nitrogens with one attached hydrogen (secondary N) is 1. The number of aryl methyl sites for hydroxylation is 1. The molecule has 132 valence electrons. The van der Waals surface area contributed by atoms with Crippen molar-refractivity contribution in [2.75, 3.05) is 12.4 Å². The summed E-state index contributed by atoms with van der Waals surface area (Å²) in [5.41, 5.74) is 2.31. The fourth-order valence-corrected chi connectivity index (χ4v) is 2.40. The molecular weight excluding hydrogens is 342 g/mol. The van der Waals surface area contributed by atoms with Gasteiger partial charge in [0.05, 0.1) is 13.5 Å². The third-order valence-electron chi connectivity index (χ3n) is 3.56. The molecule has 0 spiro atoms. The van der Waals surface area contributed by atoms with Gasteiger partial charge in [0.15, 0.2) is 6.10 Å². The predicted octanol–water partition coefficient (Wildman–Crippen LogP) is 3.77. The number of amides is 1. The number of hydrogen-bond acceptors (Lipinski definition) is 4. The largest absolute Gasteiger partial charge is 0.496 e. The Morgan fingerprint density at radius 3 is 2.48 bits per heavy atom. The Bertz CT molecular complexity index is 759. The predicted molar refractivity (Wildman–Crippen MR) is 97.1 cm³/mol. The number of benzene rings is 2. The Kier molecular flexibility index (Phi) is 6.42. The van der Waals surface area contributed by atoms with Gasteiger partial charge in [-0.25, -0.2) is 0 Å². The summed E-state index contributed by atoms with van der Waals surface area (Å²) >= 11 is 5.80. The first-order valence-corrected chi connectivity index (χ1v) is 8.16. The van der Waals surface area contributed by atoms with Gasteiger partial charge < -0.3 is 14.8 Å². The number of halogens is 1. The highest BCUT2D eigenvalue weighted by atomic mass is 35.5. The van der Waals surface area contributed by atoms with Crippen molar-refractivity contribution in [1.29, 1.82) is 0 Å². The summed E-state index contributed by atoms with van der Waals surface area (Å²) < 4.78 is 10.5. The molecule has 0 bridgehead atoms. The van der Waals surface area contributed by atoms with Gasteiger partial charge in [0.1, 0.15) is 5.75 Å². The first-order valence-electron chi connectivity index (χ1n) is 7.78. The van der Waals surface area contributed by atoms with Gasteiger partial charge in [-0.15, -0.1) is 0 Å². The summed E-state index contributed by atoms with van der Waals surface area (Å²) in [5.74, 6) is -0.296. The van der Waals surface area contributed by atoms with Crippen molar-refractivity contribution < 1.29 is 19.1 Å². The molecule has 0 saturated carbocycles. The fourth-order valence-electron chi connectivity index (χ4n) is 2.27. The Morgan fingerprint density at radius 2 is 1.84 bits per heavy atom. The standard InChI is InChI=1S/C19H20ClNO4/c1-12-4-9-17(24-3)14(10-12)11-18(22)25-13(2)19(23)21-16-7-5-15(20)6-8-16/h4-10,13H,11H2,1-3H3,(H,21,23)/t13-/m1/s1. The number of anilines is 1. The number of rotatable bonds is 6. The normalized spacial score (nSPS) is 11.5. The van der Waals surface area contributed by atoms with Crippen LogP contribution in [0.3, 0.4) is 0 Å². The SMILES string of the molecule is COc1ccc(C)cc1CC(=O)O[C@H](C)C(=O)Nc1ccc(Cl)cc1. The Hall–Kier alpha value is -2.53. The van der Waals surface area contributed by atoms with Crippen molar-refractivity contribution in [2.45, 2.75) is 26.4 Å². The zero-order valence-corrected chi connectivity index (χ0v) is 15.1. The quantitative estimate of drug-likeness (QED) is 0.795. The lowest BCUT2D eigenvalue weighted by Gasteiger charge is -2.14. The average Bonchev–Trinajstić information content (AvgIpc) is 2.57. The molecule has 5 nitrogen and oxygen atoms in total. The second-order valence-electron chi connectivity index (χ2n) is 5.62. The molecule has 0 heterocycles. The van der Waals surface area contributed by atoms with E-state index in [2.05, 4.69) is 5.32 Å². The number of carbonyl (C=O) groups is 2. The van der Waals surface area contributed by atoms with Gasteiger partial charge in [-0.05, 0) is 44.2 Å². The maximum atomic E-state index is 12.1. The highest BCUT2D eigenvalue weighted by Crippen LogP contribution is 2.21. The number of methoxy groups -OCH3 is 1. The first-order chi connectivity index (χ1) is 11.9. The molecule has 1 atom stereocenters. The summed E-state index contributed by atoms with van der Waals surface area (Å²) in [6.45, 7) is 3.45. The van der Waals surface area contributed by atoms with Crippen LogP contribution in [0.2, 0.25) is 5.02 Å². The van der Waals surface area contributed by atoms with Gasteiger partial charge in [-0.2, -0.15) is 0 Å². The van der Waals surface area contributed by atoms with Crippen LogP contribution in [0.5, 0.6) is 5.75 Å². The molecule has 0 aliphatic heterocycles. The van der Waals surface area contributed by atoms with Crippen molar-refractivity contribution in [3.63, 3.8) is 0 Å². The van der Waals surface area contributed by atoms with E-state index in [4.69, 9.17) is 21.1 Å². The van der Waals surface area contributed by atoms with E-state index in [1.54, 1.807) is 37.4 Å².